The van der Waals surface area contributed by atoms with Crippen molar-refractivity contribution in [2.45, 2.75) is 46.2 Å². The quantitative estimate of drug-likeness (QED) is 0.573. The van der Waals surface area contributed by atoms with Crippen molar-refractivity contribution in [2.75, 3.05) is 19.6 Å². The van der Waals surface area contributed by atoms with Gasteiger partial charge in [-0.1, -0.05) is 31.5 Å². The lowest BCUT2D eigenvalue weighted by molar-refractivity contribution is -0.134. The van der Waals surface area contributed by atoms with E-state index in [1.807, 2.05) is 6.07 Å². The first-order valence-corrected chi connectivity index (χ1v) is 10.0. The van der Waals surface area contributed by atoms with Crippen LogP contribution in [-0.4, -0.2) is 52.7 Å². The number of aryl methyl sites for hydroxylation is 1. The maximum atomic E-state index is 14.4. The van der Waals surface area contributed by atoms with Crippen LogP contribution in [0.1, 0.15) is 37.8 Å². The molecule has 0 spiro atoms. The minimum Gasteiger partial charge on any atom is -0.478 e. The summed E-state index contributed by atoms with van der Waals surface area (Å²) in [6.07, 6.45) is 3.36. The summed E-state index contributed by atoms with van der Waals surface area (Å²) >= 11 is 6.24. The van der Waals surface area contributed by atoms with E-state index in [0.29, 0.717) is 46.8 Å². The van der Waals surface area contributed by atoms with E-state index in [-0.39, 0.29) is 5.82 Å². The zero-order valence-electron chi connectivity index (χ0n) is 17.1. The van der Waals surface area contributed by atoms with Crippen molar-refractivity contribution in [3.8, 4) is 0 Å². The number of nitrogens with one attached hydrogen (secondary N) is 1. The van der Waals surface area contributed by atoms with Crippen LogP contribution in [0.25, 0.3) is 0 Å². The third kappa shape index (κ3) is 9.39. The highest BCUT2D eigenvalue weighted by molar-refractivity contribution is 6.31. The van der Waals surface area contributed by atoms with E-state index < -0.39 is 11.9 Å². The van der Waals surface area contributed by atoms with Crippen LogP contribution in [0.2, 0.25) is 5.02 Å². The number of hydrogen-bond acceptors (Lipinski definition) is 4. The van der Waals surface area contributed by atoms with E-state index in [9.17, 15) is 14.0 Å². The molecule has 2 rings (SSSR count). The van der Waals surface area contributed by atoms with E-state index >= 15 is 0 Å². The van der Waals surface area contributed by atoms with Crippen LogP contribution in [-0.2, 0) is 16.1 Å². The molecule has 3 N–H and O–H groups in total. The van der Waals surface area contributed by atoms with Gasteiger partial charge in [-0.3, -0.25) is 4.90 Å². The van der Waals surface area contributed by atoms with Gasteiger partial charge in [0.05, 0.1) is 0 Å². The Balaban J connectivity index is 0.000000447. The van der Waals surface area contributed by atoms with Crippen molar-refractivity contribution in [3.05, 3.63) is 46.3 Å². The number of hydrogen-bond donors (Lipinski definition) is 3. The minimum atomic E-state index is -1.26. The predicted octanol–water partition coefficient (Wildman–Crippen LogP) is 3.71. The van der Waals surface area contributed by atoms with Gasteiger partial charge in [-0.2, -0.15) is 0 Å². The van der Waals surface area contributed by atoms with Gasteiger partial charge >= 0.3 is 11.9 Å². The van der Waals surface area contributed by atoms with Crippen LogP contribution < -0.4 is 5.32 Å². The van der Waals surface area contributed by atoms with Crippen molar-refractivity contribution in [3.63, 3.8) is 0 Å². The van der Waals surface area contributed by atoms with Crippen molar-refractivity contribution in [2.24, 2.45) is 5.92 Å². The molecule has 1 aromatic rings. The molecule has 1 aliphatic heterocycles. The Kier molecular flexibility index (Phi) is 10.9. The molecule has 0 atom stereocenters. The number of carboxylic acids is 2. The first-order valence-electron chi connectivity index (χ1n) is 9.64. The zero-order valence-corrected chi connectivity index (χ0v) is 17.9. The zero-order chi connectivity index (χ0) is 22.0. The summed E-state index contributed by atoms with van der Waals surface area (Å²) in [7, 11) is 0. The number of piperidine rings is 1. The summed E-state index contributed by atoms with van der Waals surface area (Å²) in [4.78, 5) is 21.5. The SMILES string of the molecule is Cc1ccc(Cl)c(CN(CC(C)C)C2CCNCC2)c1F.O=C(O)/C=C/C(=O)O. The molecule has 6 nitrogen and oxygen atoms in total. The molecular formula is C21H30ClFN2O4. The average Bonchev–Trinajstić information content (AvgIpc) is 2.66. The summed E-state index contributed by atoms with van der Waals surface area (Å²) in [5, 5.41) is 19.6. The molecule has 0 aromatic heterocycles. The van der Waals surface area contributed by atoms with Gasteiger partial charge in [0.1, 0.15) is 5.82 Å². The van der Waals surface area contributed by atoms with Gasteiger partial charge in [-0.05, 0) is 50.4 Å². The fourth-order valence-electron chi connectivity index (χ4n) is 3.19. The molecule has 1 aliphatic rings. The Morgan fingerprint density at radius 2 is 1.79 bits per heavy atom. The highest BCUT2D eigenvalue weighted by Gasteiger charge is 2.24. The van der Waals surface area contributed by atoms with Gasteiger partial charge in [-0.15, -0.1) is 0 Å². The van der Waals surface area contributed by atoms with Crippen molar-refractivity contribution >= 4 is 23.5 Å². The van der Waals surface area contributed by atoms with Gasteiger partial charge in [0.15, 0.2) is 0 Å². The van der Waals surface area contributed by atoms with E-state index in [2.05, 4.69) is 24.1 Å². The molecule has 0 amide bonds. The standard InChI is InChI=1S/C17H26ClFN2.C4H4O4/c1-12(2)10-21(14-6-8-20-9-7-14)11-15-16(18)5-4-13(3)17(15)19;5-3(6)1-2-4(7)8/h4-5,12,14,20H,6-11H2,1-3H3;1-2H,(H,5,6)(H,7,8)/b;2-1+. The highest BCUT2D eigenvalue weighted by atomic mass is 35.5. The average molecular weight is 429 g/mol. The third-order valence-corrected chi connectivity index (χ3v) is 4.89. The molecule has 1 saturated heterocycles. The Morgan fingerprint density at radius 1 is 1.24 bits per heavy atom. The van der Waals surface area contributed by atoms with Gasteiger partial charge in [-0.25, -0.2) is 14.0 Å². The Bertz CT molecular complexity index is 703. The van der Waals surface area contributed by atoms with Gasteiger partial charge in [0.25, 0.3) is 0 Å². The van der Waals surface area contributed by atoms with Crippen LogP contribution in [0.15, 0.2) is 24.3 Å². The van der Waals surface area contributed by atoms with E-state index in [0.717, 1.165) is 32.5 Å². The topological polar surface area (TPSA) is 89.9 Å². The van der Waals surface area contributed by atoms with Gasteiger partial charge in [0.2, 0.25) is 0 Å². The van der Waals surface area contributed by atoms with Crippen LogP contribution in [0, 0.1) is 18.7 Å². The molecule has 0 unspecified atom stereocenters. The van der Waals surface area contributed by atoms with Gasteiger partial charge in [0, 0.05) is 41.9 Å². The molecule has 8 heteroatoms. The Labute approximate surface area is 176 Å². The van der Waals surface area contributed by atoms with Crippen molar-refractivity contribution in [1.29, 1.82) is 0 Å². The van der Waals surface area contributed by atoms with E-state index in [4.69, 9.17) is 21.8 Å². The summed E-state index contributed by atoms with van der Waals surface area (Å²) in [5.41, 5.74) is 1.32. The molecule has 0 saturated carbocycles. The second kappa shape index (κ2) is 12.6. The van der Waals surface area contributed by atoms with Crippen molar-refractivity contribution in [1.82, 2.24) is 10.2 Å². The first-order chi connectivity index (χ1) is 13.6. The first kappa shape index (κ1) is 25.1. The lowest BCUT2D eigenvalue weighted by Gasteiger charge is -2.36. The number of halogens is 2. The normalized spacial score (nSPS) is 14.9. The van der Waals surface area contributed by atoms with Gasteiger partial charge < -0.3 is 15.5 Å². The molecule has 162 valence electrons. The maximum Gasteiger partial charge on any atom is 0.328 e. The molecule has 1 fully saturated rings. The lowest BCUT2D eigenvalue weighted by Crippen LogP contribution is -2.44. The predicted molar refractivity (Wildman–Crippen MR) is 112 cm³/mol. The molecule has 1 heterocycles. The lowest BCUT2D eigenvalue weighted by atomic mass is 10.0. The Hall–Kier alpha value is -1.96. The minimum absolute atomic E-state index is 0.148. The number of benzene rings is 1. The van der Waals surface area contributed by atoms with Crippen molar-refractivity contribution < 1.29 is 24.2 Å². The molecule has 1 aromatic carbocycles. The smallest absolute Gasteiger partial charge is 0.328 e. The summed E-state index contributed by atoms with van der Waals surface area (Å²) < 4.78 is 14.4. The summed E-state index contributed by atoms with van der Waals surface area (Å²) in [6, 6.07) is 4.08. The second-order valence-electron chi connectivity index (χ2n) is 7.47. The fourth-order valence-corrected chi connectivity index (χ4v) is 3.39. The fraction of sp³-hybridized carbons (Fsp3) is 0.524. The monoisotopic (exact) mass is 428 g/mol. The largest absolute Gasteiger partial charge is 0.478 e. The Morgan fingerprint density at radius 3 is 2.28 bits per heavy atom. The number of rotatable bonds is 7. The van der Waals surface area contributed by atoms with Crippen LogP contribution in [0.5, 0.6) is 0 Å². The highest BCUT2D eigenvalue weighted by Crippen LogP contribution is 2.26. The molecule has 0 bridgehead atoms. The van der Waals surface area contributed by atoms with E-state index in [1.165, 1.54) is 0 Å². The second-order valence-corrected chi connectivity index (χ2v) is 7.88. The van der Waals surface area contributed by atoms with E-state index in [1.54, 1.807) is 13.0 Å². The molecule has 29 heavy (non-hydrogen) atoms. The molecule has 0 aliphatic carbocycles. The number of carbonyl (C=O) groups is 2. The van der Waals surface area contributed by atoms with Crippen LogP contribution in [0.3, 0.4) is 0 Å². The summed E-state index contributed by atoms with van der Waals surface area (Å²) in [6.45, 7) is 9.90. The van der Waals surface area contributed by atoms with Crippen LogP contribution >= 0.6 is 11.6 Å². The number of carboxylic acid groups (broad SMARTS) is 2. The molecular weight excluding hydrogens is 399 g/mol. The third-order valence-electron chi connectivity index (χ3n) is 4.53. The maximum absolute atomic E-state index is 14.4. The number of nitrogens with zero attached hydrogens (tertiary/aromatic N) is 1. The molecule has 0 radical (unpaired) electrons. The number of aliphatic carboxylic acids is 2. The summed E-state index contributed by atoms with van der Waals surface area (Å²) in [5.74, 6) is -2.10. The van der Waals surface area contributed by atoms with Crippen LogP contribution in [0.4, 0.5) is 4.39 Å².